The van der Waals surface area contributed by atoms with Crippen molar-refractivity contribution < 1.29 is 13.2 Å². The van der Waals surface area contributed by atoms with E-state index in [2.05, 4.69) is 10.3 Å². The molecule has 25 heavy (non-hydrogen) atoms. The topological polar surface area (TPSA) is 64.1 Å². The van der Waals surface area contributed by atoms with Gasteiger partial charge in [0, 0.05) is 24.1 Å². The zero-order valence-corrected chi connectivity index (χ0v) is 15.3. The Hall–Kier alpha value is -1.70. The molecule has 0 aliphatic heterocycles. The molecule has 134 valence electrons. The highest BCUT2D eigenvalue weighted by atomic mass is 35.5. The maximum absolute atomic E-state index is 13.6. The summed E-state index contributed by atoms with van der Waals surface area (Å²) in [5.74, 6) is 0.320. The molecule has 3 aromatic heterocycles. The summed E-state index contributed by atoms with van der Waals surface area (Å²) in [5, 5.41) is 5.12. The third-order valence-corrected chi connectivity index (χ3v) is 5.17. The van der Waals surface area contributed by atoms with E-state index in [1.54, 1.807) is 11.4 Å². The Kier molecular flexibility index (Phi) is 5.27. The Balaban J connectivity index is 1.94. The Morgan fingerprint density at radius 2 is 2.24 bits per heavy atom. The zero-order chi connectivity index (χ0) is 18.1. The first-order chi connectivity index (χ1) is 11.9. The first-order valence-electron chi connectivity index (χ1n) is 7.80. The van der Waals surface area contributed by atoms with Gasteiger partial charge in [0.2, 0.25) is 0 Å². The number of pyridine rings is 1. The molecule has 0 fully saturated rings. The van der Waals surface area contributed by atoms with Crippen LogP contribution in [0.5, 0.6) is 0 Å². The first kappa shape index (κ1) is 18.1. The summed E-state index contributed by atoms with van der Waals surface area (Å²) >= 11 is 7.43. The maximum atomic E-state index is 13.6. The van der Waals surface area contributed by atoms with Gasteiger partial charge in [-0.3, -0.25) is 0 Å². The Labute approximate surface area is 153 Å². The van der Waals surface area contributed by atoms with Crippen LogP contribution in [0, 0.1) is 12.7 Å². The number of nitrogens with one attached hydrogen (secondary N) is 1. The number of fused-ring (bicyclic) bond motifs is 1. The molecular formula is C17H18ClF2N3OS. The molecule has 2 atom stereocenters. The number of alkyl halides is 1. The van der Waals surface area contributed by atoms with Gasteiger partial charge in [-0.1, -0.05) is 11.6 Å². The van der Waals surface area contributed by atoms with Crippen LogP contribution in [0.2, 0.25) is 5.15 Å². The summed E-state index contributed by atoms with van der Waals surface area (Å²) in [6.07, 6.45) is -0.889. The molecule has 3 rings (SSSR count). The summed E-state index contributed by atoms with van der Waals surface area (Å²) in [4.78, 5) is 4.88. The third-order valence-electron chi connectivity index (χ3n) is 4.08. The van der Waals surface area contributed by atoms with Crippen molar-refractivity contribution >= 4 is 39.7 Å². The van der Waals surface area contributed by atoms with Crippen molar-refractivity contribution in [3.8, 4) is 0 Å². The molecule has 0 aliphatic carbocycles. The molecular weight excluding hydrogens is 368 g/mol. The fourth-order valence-corrected chi connectivity index (χ4v) is 3.40. The number of hydrogen-bond donors (Lipinski definition) is 2. The van der Waals surface area contributed by atoms with Crippen LogP contribution in [0.15, 0.2) is 21.9 Å². The third kappa shape index (κ3) is 3.78. The minimum atomic E-state index is -1.15. The van der Waals surface area contributed by atoms with E-state index in [0.29, 0.717) is 39.1 Å². The molecule has 3 N–H and O–H groups in total. The van der Waals surface area contributed by atoms with E-state index in [9.17, 15) is 8.78 Å². The van der Waals surface area contributed by atoms with Gasteiger partial charge in [-0.25, -0.2) is 13.8 Å². The fourth-order valence-electron chi connectivity index (χ4n) is 2.52. The van der Waals surface area contributed by atoms with Crippen LogP contribution in [-0.4, -0.2) is 17.2 Å². The lowest BCUT2D eigenvalue weighted by atomic mass is 10.1. The quantitative estimate of drug-likeness (QED) is 0.596. The van der Waals surface area contributed by atoms with E-state index >= 15 is 0 Å². The molecule has 0 amide bonds. The normalized spacial score (nSPS) is 14.0. The minimum absolute atomic E-state index is 0.256. The van der Waals surface area contributed by atoms with Crippen LogP contribution in [0.25, 0.3) is 11.1 Å². The Morgan fingerprint density at radius 1 is 1.48 bits per heavy atom. The highest BCUT2D eigenvalue weighted by molar-refractivity contribution is 7.09. The second kappa shape index (κ2) is 7.27. The standard InChI is InChI=1S/C17H18ClF2N3OS/c1-8-13(5-11(21)9(2)19)24-17-12(6-15(18)23-16(8)17)22-7-14-10(20)3-4-25-14/h3-4,6,9,11H,5,7,21H2,1-2H3,(H,22,23)/t9-,11+/m0/s1. The van der Waals surface area contributed by atoms with Crippen LogP contribution in [0.1, 0.15) is 23.1 Å². The molecule has 0 radical (unpaired) electrons. The second-order valence-electron chi connectivity index (χ2n) is 5.91. The number of anilines is 1. The number of aryl methyl sites for hydroxylation is 1. The fraction of sp³-hybridized carbons (Fsp3) is 0.353. The Morgan fingerprint density at radius 3 is 2.88 bits per heavy atom. The van der Waals surface area contributed by atoms with E-state index in [4.69, 9.17) is 21.8 Å². The van der Waals surface area contributed by atoms with Crippen molar-refractivity contribution in [3.05, 3.63) is 44.7 Å². The largest absolute Gasteiger partial charge is 0.457 e. The average molecular weight is 386 g/mol. The lowest BCUT2D eigenvalue weighted by molar-refractivity contribution is 0.295. The minimum Gasteiger partial charge on any atom is -0.457 e. The van der Waals surface area contributed by atoms with Crippen molar-refractivity contribution in [2.45, 2.75) is 39.0 Å². The average Bonchev–Trinajstić information content (AvgIpc) is 3.10. The number of halogens is 3. The lowest BCUT2D eigenvalue weighted by Crippen LogP contribution is -2.31. The van der Waals surface area contributed by atoms with E-state index in [0.717, 1.165) is 5.56 Å². The number of furan rings is 1. The second-order valence-corrected chi connectivity index (χ2v) is 7.30. The lowest BCUT2D eigenvalue weighted by Gasteiger charge is -2.11. The van der Waals surface area contributed by atoms with Gasteiger partial charge in [-0.15, -0.1) is 11.3 Å². The number of thiophene rings is 1. The number of aromatic nitrogens is 1. The highest BCUT2D eigenvalue weighted by Crippen LogP contribution is 2.33. The molecule has 0 bridgehead atoms. The van der Waals surface area contributed by atoms with Gasteiger partial charge in [0.05, 0.1) is 17.1 Å². The van der Waals surface area contributed by atoms with Crippen molar-refractivity contribution in [1.82, 2.24) is 4.98 Å². The maximum Gasteiger partial charge on any atom is 0.176 e. The van der Waals surface area contributed by atoms with Crippen LogP contribution in [-0.2, 0) is 13.0 Å². The SMILES string of the molecule is Cc1c(C[C@@H](N)[C@H](C)F)oc2c(NCc3sccc3F)cc(Cl)nc12. The van der Waals surface area contributed by atoms with Crippen molar-refractivity contribution in [2.24, 2.45) is 5.73 Å². The van der Waals surface area contributed by atoms with E-state index in [1.807, 2.05) is 6.92 Å². The molecule has 0 aromatic carbocycles. The summed E-state index contributed by atoms with van der Waals surface area (Å²) in [6.45, 7) is 3.55. The van der Waals surface area contributed by atoms with Gasteiger partial charge >= 0.3 is 0 Å². The summed E-state index contributed by atoms with van der Waals surface area (Å²) < 4.78 is 32.9. The molecule has 3 aromatic rings. The molecule has 0 saturated heterocycles. The van der Waals surface area contributed by atoms with E-state index in [-0.39, 0.29) is 12.2 Å². The van der Waals surface area contributed by atoms with Crippen LogP contribution < -0.4 is 11.1 Å². The zero-order valence-electron chi connectivity index (χ0n) is 13.8. The summed E-state index contributed by atoms with van der Waals surface area (Å²) in [7, 11) is 0. The summed E-state index contributed by atoms with van der Waals surface area (Å²) in [5.41, 5.74) is 8.30. The van der Waals surface area contributed by atoms with Gasteiger partial charge in [0.25, 0.3) is 0 Å². The Bertz CT molecular complexity index is 894. The van der Waals surface area contributed by atoms with Crippen LogP contribution >= 0.6 is 22.9 Å². The van der Waals surface area contributed by atoms with Crippen LogP contribution in [0.4, 0.5) is 14.5 Å². The predicted octanol–water partition coefficient (Wildman–Crippen LogP) is 4.83. The van der Waals surface area contributed by atoms with Gasteiger partial charge < -0.3 is 15.5 Å². The molecule has 0 saturated carbocycles. The highest BCUT2D eigenvalue weighted by Gasteiger charge is 2.21. The number of rotatable bonds is 6. The van der Waals surface area contributed by atoms with Gasteiger partial charge in [-0.2, -0.15) is 0 Å². The molecule has 3 heterocycles. The summed E-state index contributed by atoms with van der Waals surface area (Å²) in [6, 6.07) is 2.39. The molecule has 8 heteroatoms. The van der Waals surface area contributed by atoms with Crippen LogP contribution in [0.3, 0.4) is 0 Å². The monoisotopic (exact) mass is 385 g/mol. The van der Waals surface area contributed by atoms with Crippen molar-refractivity contribution in [2.75, 3.05) is 5.32 Å². The number of hydrogen-bond acceptors (Lipinski definition) is 5. The van der Waals surface area contributed by atoms with Gasteiger partial charge in [-0.05, 0) is 25.3 Å². The van der Waals surface area contributed by atoms with Crippen molar-refractivity contribution in [1.29, 1.82) is 0 Å². The van der Waals surface area contributed by atoms with Crippen molar-refractivity contribution in [3.63, 3.8) is 0 Å². The number of nitrogens with two attached hydrogens (primary N) is 1. The predicted molar refractivity (Wildman–Crippen MR) is 97.6 cm³/mol. The molecule has 4 nitrogen and oxygen atoms in total. The molecule has 0 spiro atoms. The van der Waals surface area contributed by atoms with Gasteiger partial charge in [0.1, 0.15) is 28.4 Å². The number of nitrogens with zero attached hydrogens (tertiary/aromatic N) is 1. The van der Waals surface area contributed by atoms with Gasteiger partial charge in [0.15, 0.2) is 5.58 Å². The molecule has 0 aliphatic rings. The van der Waals surface area contributed by atoms with E-state index in [1.165, 1.54) is 24.3 Å². The van der Waals surface area contributed by atoms with E-state index < -0.39 is 12.2 Å². The molecule has 0 unspecified atom stereocenters. The smallest absolute Gasteiger partial charge is 0.176 e. The first-order valence-corrected chi connectivity index (χ1v) is 9.06.